The number of furan rings is 1. The fourth-order valence-electron chi connectivity index (χ4n) is 1.16. The average Bonchev–Trinajstić information content (AvgIpc) is 2.65. The first-order valence-electron chi connectivity index (χ1n) is 4.94. The topological polar surface area (TPSA) is 76.4 Å². The third kappa shape index (κ3) is 5.55. The van der Waals surface area contributed by atoms with E-state index in [0.717, 1.165) is 12.0 Å². The van der Waals surface area contributed by atoms with Gasteiger partial charge in [-0.3, -0.25) is 4.79 Å². The van der Waals surface area contributed by atoms with Crippen LogP contribution in [-0.2, 0) is 21.1 Å². The lowest BCUT2D eigenvalue weighted by Gasteiger charge is -2.03. The Labute approximate surface area is 94.8 Å². The number of rotatable bonds is 6. The first kappa shape index (κ1) is 12.8. The Balaban J connectivity index is 2.17. The molecule has 1 aromatic heterocycles. The van der Waals surface area contributed by atoms with E-state index in [4.69, 9.17) is 4.42 Å². The molecule has 0 unspecified atom stereocenters. The van der Waals surface area contributed by atoms with E-state index < -0.39 is 9.84 Å². The molecule has 0 aromatic carbocycles. The van der Waals surface area contributed by atoms with Gasteiger partial charge in [0.2, 0.25) is 5.91 Å². The molecule has 0 aliphatic carbocycles. The van der Waals surface area contributed by atoms with Gasteiger partial charge >= 0.3 is 0 Å². The fourth-order valence-corrected chi connectivity index (χ4v) is 1.63. The van der Waals surface area contributed by atoms with Gasteiger partial charge in [0.15, 0.2) is 0 Å². The predicted molar refractivity (Wildman–Crippen MR) is 59.7 cm³/mol. The summed E-state index contributed by atoms with van der Waals surface area (Å²) in [6, 6.07) is 3.56. The minimum Gasteiger partial charge on any atom is -0.469 e. The van der Waals surface area contributed by atoms with Crippen LogP contribution in [0.3, 0.4) is 0 Å². The first-order chi connectivity index (χ1) is 7.47. The third-order valence-corrected chi connectivity index (χ3v) is 2.92. The smallest absolute Gasteiger partial charge is 0.220 e. The minimum atomic E-state index is -3.01. The maximum atomic E-state index is 11.3. The van der Waals surface area contributed by atoms with Crippen molar-refractivity contribution in [3.8, 4) is 0 Å². The van der Waals surface area contributed by atoms with Crippen LogP contribution in [0.25, 0.3) is 0 Å². The molecule has 0 aliphatic heterocycles. The van der Waals surface area contributed by atoms with Crippen LogP contribution in [0, 0.1) is 0 Å². The van der Waals surface area contributed by atoms with E-state index in [1.807, 2.05) is 0 Å². The Hall–Kier alpha value is -1.30. The van der Waals surface area contributed by atoms with Gasteiger partial charge < -0.3 is 9.73 Å². The third-order valence-electron chi connectivity index (χ3n) is 1.97. The molecule has 1 heterocycles. The van der Waals surface area contributed by atoms with Gasteiger partial charge in [0.1, 0.15) is 15.6 Å². The summed E-state index contributed by atoms with van der Waals surface area (Å²) >= 11 is 0. The van der Waals surface area contributed by atoms with Gasteiger partial charge in [-0.2, -0.15) is 0 Å². The second kappa shape index (κ2) is 5.69. The molecule has 1 aromatic rings. The monoisotopic (exact) mass is 245 g/mol. The molecule has 0 spiro atoms. The van der Waals surface area contributed by atoms with Crippen LogP contribution < -0.4 is 5.32 Å². The molecule has 0 saturated carbocycles. The second-order valence-electron chi connectivity index (χ2n) is 3.56. The maximum absolute atomic E-state index is 11.3. The van der Waals surface area contributed by atoms with Gasteiger partial charge in [-0.05, 0) is 12.1 Å². The summed E-state index contributed by atoms with van der Waals surface area (Å²) in [4.78, 5) is 11.3. The van der Waals surface area contributed by atoms with E-state index in [0.29, 0.717) is 12.8 Å². The van der Waals surface area contributed by atoms with Crippen molar-refractivity contribution >= 4 is 15.7 Å². The molecule has 0 radical (unpaired) electrons. The molecule has 5 nitrogen and oxygen atoms in total. The van der Waals surface area contributed by atoms with Gasteiger partial charge in [-0.25, -0.2) is 8.42 Å². The van der Waals surface area contributed by atoms with Crippen LogP contribution in [0.4, 0.5) is 0 Å². The number of carbonyl (C=O) groups is 1. The number of carbonyl (C=O) groups excluding carboxylic acids is 1. The average molecular weight is 245 g/mol. The fraction of sp³-hybridized carbons (Fsp3) is 0.500. The van der Waals surface area contributed by atoms with Crippen LogP contribution in [0.15, 0.2) is 22.8 Å². The summed E-state index contributed by atoms with van der Waals surface area (Å²) in [6.07, 6.45) is 3.52. The molecule has 0 bridgehead atoms. The highest BCUT2D eigenvalue weighted by atomic mass is 32.2. The predicted octanol–water partition coefficient (Wildman–Crippen LogP) is 0.373. The van der Waals surface area contributed by atoms with Gasteiger partial charge in [-0.1, -0.05) is 0 Å². The van der Waals surface area contributed by atoms with E-state index in [1.165, 1.54) is 0 Å². The number of nitrogens with one attached hydrogen (secondary N) is 1. The molecule has 1 rings (SSSR count). The summed E-state index contributed by atoms with van der Waals surface area (Å²) in [5.74, 6) is 0.553. The zero-order valence-electron chi connectivity index (χ0n) is 9.10. The van der Waals surface area contributed by atoms with Crippen molar-refractivity contribution in [3.63, 3.8) is 0 Å². The van der Waals surface area contributed by atoms with Crippen LogP contribution in [0.1, 0.15) is 12.2 Å². The van der Waals surface area contributed by atoms with Crippen molar-refractivity contribution in [3.05, 3.63) is 24.2 Å². The lowest BCUT2D eigenvalue weighted by molar-refractivity contribution is -0.121. The molecule has 6 heteroatoms. The molecular weight excluding hydrogens is 230 g/mol. The Morgan fingerprint density at radius 3 is 2.81 bits per heavy atom. The SMILES string of the molecule is CS(=O)(=O)CCNC(=O)CCc1ccco1. The molecule has 0 atom stereocenters. The normalized spacial score (nSPS) is 11.3. The van der Waals surface area contributed by atoms with Gasteiger partial charge in [0.05, 0.1) is 12.0 Å². The molecule has 16 heavy (non-hydrogen) atoms. The lowest BCUT2D eigenvalue weighted by atomic mass is 10.2. The van der Waals surface area contributed by atoms with Crippen molar-refractivity contribution in [1.82, 2.24) is 5.32 Å². The van der Waals surface area contributed by atoms with Crippen LogP contribution in [-0.4, -0.2) is 32.9 Å². The Bertz CT molecular complexity index is 422. The van der Waals surface area contributed by atoms with Crippen molar-refractivity contribution in [1.29, 1.82) is 0 Å². The Morgan fingerprint density at radius 2 is 2.25 bits per heavy atom. The Kier molecular flexibility index (Phi) is 4.54. The highest BCUT2D eigenvalue weighted by molar-refractivity contribution is 7.90. The summed E-state index contributed by atoms with van der Waals surface area (Å²) in [7, 11) is -3.01. The van der Waals surface area contributed by atoms with Crippen LogP contribution >= 0.6 is 0 Å². The van der Waals surface area contributed by atoms with E-state index in [-0.39, 0.29) is 18.2 Å². The number of hydrogen-bond acceptors (Lipinski definition) is 4. The van der Waals surface area contributed by atoms with Crippen molar-refractivity contribution in [2.75, 3.05) is 18.6 Å². The van der Waals surface area contributed by atoms with E-state index in [2.05, 4.69) is 5.32 Å². The van der Waals surface area contributed by atoms with Gasteiger partial charge in [0.25, 0.3) is 0 Å². The van der Waals surface area contributed by atoms with Gasteiger partial charge in [-0.15, -0.1) is 0 Å². The number of aryl methyl sites for hydroxylation is 1. The molecule has 1 N–H and O–H groups in total. The number of sulfone groups is 1. The first-order valence-corrected chi connectivity index (χ1v) is 7.00. The molecule has 0 fully saturated rings. The highest BCUT2D eigenvalue weighted by Gasteiger charge is 2.05. The molecule has 0 aliphatic rings. The molecular formula is C10H15NO4S. The van der Waals surface area contributed by atoms with Crippen molar-refractivity contribution in [2.45, 2.75) is 12.8 Å². The lowest BCUT2D eigenvalue weighted by Crippen LogP contribution is -2.28. The maximum Gasteiger partial charge on any atom is 0.220 e. The van der Waals surface area contributed by atoms with Gasteiger partial charge in [0, 0.05) is 25.6 Å². The van der Waals surface area contributed by atoms with Crippen LogP contribution in [0.2, 0.25) is 0 Å². The van der Waals surface area contributed by atoms with E-state index in [1.54, 1.807) is 18.4 Å². The highest BCUT2D eigenvalue weighted by Crippen LogP contribution is 2.02. The van der Waals surface area contributed by atoms with E-state index in [9.17, 15) is 13.2 Å². The zero-order chi connectivity index (χ0) is 12.0. The molecule has 1 amide bonds. The zero-order valence-corrected chi connectivity index (χ0v) is 9.92. The van der Waals surface area contributed by atoms with Crippen molar-refractivity contribution < 1.29 is 17.6 Å². The molecule has 0 saturated heterocycles. The second-order valence-corrected chi connectivity index (χ2v) is 5.82. The standard InChI is InChI=1S/C10H15NO4S/c1-16(13,14)8-6-11-10(12)5-4-9-3-2-7-15-9/h2-3,7H,4-6,8H2,1H3,(H,11,12). The largest absolute Gasteiger partial charge is 0.469 e. The molecule has 90 valence electrons. The van der Waals surface area contributed by atoms with Crippen LogP contribution in [0.5, 0.6) is 0 Å². The quantitative estimate of drug-likeness (QED) is 0.785. The summed E-state index contributed by atoms with van der Waals surface area (Å²) < 4.78 is 26.6. The Morgan fingerprint density at radius 1 is 1.50 bits per heavy atom. The minimum absolute atomic E-state index is 0.0283. The van der Waals surface area contributed by atoms with E-state index >= 15 is 0 Å². The number of hydrogen-bond donors (Lipinski definition) is 1. The van der Waals surface area contributed by atoms with Crippen molar-refractivity contribution in [2.24, 2.45) is 0 Å². The number of amides is 1. The summed E-state index contributed by atoms with van der Waals surface area (Å²) in [5, 5.41) is 2.54. The summed E-state index contributed by atoms with van der Waals surface area (Å²) in [6.45, 7) is 0.163. The summed E-state index contributed by atoms with van der Waals surface area (Å²) in [5.41, 5.74) is 0.